The van der Waals surface area contributed by atoms with Crippen LogP contribution in [0.3, 0.4) is 0 Å². The van der Waals surface area contributed by atoms with E-state index in [-0.39, 0.29) is 11.9 Å². The van der Waals surface area contributed by atoms with Crippen LogP contribution in [0.2, 0.25) is 0 Å². The molecule has 0 aliphatic carbocycles. The molecule has 2 aliphatic heterocycles. The van der Waals surface area contributed by atoms with Crippen molar-refractivity contribution in [3.63, 3.8) is 0 Å². The number of para-hydroxylation sites is 1. The van der Waals surface area contributed by atoms with E-state index in [1.165, 1.54) is 0 Å². The number of nitrogen functional groups attached to an aromatic ring is 1. The van der Waals surface area contributed by atoms with Gasteiger partial charge in [0.15, 0.2) is 0 Å². The quantitative estimate of drug-likeness (QED) is 0.726. The van der Waals surface area contributed by atoms with Crippen molar-refractivity contribution in [2.75, 3.05) is 45.3 Å². The number of fused-ring (bicyclic) bond motifs is 2. The lowest BCUT2D eigenvalue weighted by atomic mass is 9.83. The van der Waals surface area contributed by atoms with Crippen molar-refractivity contribution in [2.24, 2.45) is 0 Å². The topological polar surface area (TPSA) is 99.8 Å². The van der Waals surface area contributed by atoms with E-state index in [2.05, 4.69) is 9.97 Å². The Morgan fingerprint density at radius 1 is 1.27 bits per heavy atom. The third-order valence-corrected chi connectivity index (χ3v) is 5.73. The van der Waals surface area contributed by atoms with Gasteiger partial charge in [0, 0.05) is 25.9 Å². The summed E-state index contributed by atoms with van der Waals surface area (Å²) in [5.74, 6) is 0.813. The Morgan fingerprint density at radius 2 is 2.07 bits per heavy atom. The van der Waals surface area contributed by atoms with Crippen molar-refractivity contribution < 1.29 is 19.0 Å². The summed E-state index contributed by atoms with van der Waals surface area (Å²) < 4.78 is 17.3. The first-order chi connectivity index (χ1) is 14.6. The van der Waals surface area contributed by atoms with Crippen molar-refractivity contribution in [1.82, 2.24) is 14.9 Å². The van der Waals surface area contributed by atoms with Gasteiger partial charge < -0.3 is 24.8 Å². The second-order valence-corrected chi connectivity index (χ2v) is 7.53. The molecule has 1 fully saturated rings. The lowest BCUT2D eigenvalue weighted by Crippen LogP contribution is -2.49. The average molecular weight is 412 g/mol. The lowest BCUT2D eigenvalue weighted by molar-refractivity contribution is -0.0966. The number of benzene rings is 1. The predicted octanol–water partition coefficient (Wildman–Crippen LogP) is 2.18. The molecule has 2 aromatic rings. The molecule has 0 radical (unpaired) electrons. The highest BCUT2D eigenvalue weighted by molar-refractivity contribution is 5.97. The van der Waals surface area contributed by atoms with Crippen LogP contribution in [-0.4, -0.2) is 60.3 Å². The molecule has 2 N–H and O–H groups in total. The summed E-state index contributed by atoms with van der Waals surface area (Å²) in [6.45, 7) is 5.27. The van der Waals surface area contributed by atoms with Gasteiger partial charge in [-0.3, -0.25) is 4.79 Å². The first-order valence-electron chi connectivity index (χ1n) is 10.5. The molecular formula is C22H28N4O4. The van der Waals surface area contributed by atoms with Crippen LogP contribution in [0.4, 0.5) is 5.95 Å². The number of nitrogens with zero attached hydrogens (tertiary/aromatic N) is 3. The van der Waals surface area contributed by atoms with Gasteiger partial charge in [0.1, 0.15) is 18.0 Å². The monoisotopic (exact) mass is 412 g/mol. The van der Waals surface area contributed by atoms with Crippen LogP contribution in [0.1, 0.15) is 41.4 Å². The standard InChI is InChI=1S/C22H28N4O4/c1-2-28-13-14-29-18-6-4-3-5-17(18)20(27)26-10-8-22(9-11-26)19-16(7-12-30-22)15-24-21(23)25-19/h3-6,15H,2,7-14H2,1H3,(H2,23,24,25). The number of aromatic nitrogens is 2. The van der Waals surface area contributed by atoms with E-state index in [0.717, 1.165) is 17.7 Å². The van der Waals surface area contributed by atoms with Crippen LogP contribution in [0, 0.1) is 0 Å². The van der Waals surface area contributed by atoms with Crippen LogP contribution in [0.15, 0.2) is 30.5 Å². The molecule has 4 rings (SSSR count). The molecule has 1 aromatic carbocycles. The Hall–Kier alpha value is -2.71. The molecule has 1 spiro atoms. The van der Waals surface area contributed by atoms with E-state index >= 15 is 0 Å². The van der Waals surface area contributed by atoms with Crippen LogP contribution in [-0.2, 0) is 21.5 Å². The van der Waals surface area contributed by atoms with Crippen molar-refractivity contribution >= 4 is 11.9 Å². The summed E-state index contributed by atoms with van der Waals surface area (Å²) in [7, 11) is 0. The smallest absolute Gasteiger partial charge is 0.257 e. The number of carbonyl (C=O) groups is 1. The molecule has 8 nitrogen and oxygen atoms in total. The molecule has 8 heteroatoms. The third kappa shape index (κ3) is 4.11. The number of hydrogen-bond donors (Lipinski definition) is 1. The molecule has 1 amide bonds. The number of amides is 1. The zero-order chi connectivity index (χ0) is 21.0. The number of ether oxygens (including phenoxy) is 3. The highest BCUT2D eigenvalue weighted by atomic mass is 16.5. The van der Waals surface area contributed by atoms with E-state index in [9.17, 15) is 4.79 Å². The predicted molar refractivity (Wildman–Crippen MR) is 111 cm³/mol. The maximum absolute atomic E-state index is 13.2. The molecule has 0 unspecified atom stereocenters. The second-order valence-electron chi connectivity index (χ2n) is 7.53. The second kappa shape index (κ2) is 8.97. The van der Waals surface area contributed by atoms with Crippen molar-refractivity contribution in [3.05, 3.63) is 47.3 Å². The fourth-order valence-electron chi connectivity index (χ4n) is 4.17. The molecule has 1 aromatic heterocycles. The molecule has 0 bridgehead atoms. The van der Waals surface area contributed by atoms with Gasteiger partial charge in [-0.1, -0.05) is 12.1 Å². The normalized spacial score (nSPS) is 17.6. The number of likely N-dealkylation sites (tertiary alicyclic amines) is 1. The Balaban J connectivity index is 1.46. The molecular weight excluding hydrogens is 384 g/mol. The zero-order valence-electron chi connectivity index (χ0n) is 17.3. The molecule has 30 heavy (non-hydrogen) atoms. The number of nitrogens with two attached hydrogens (primary N) is 1. The highest BCUT2D eigenvalue weighted by Gasteiger charge is 2.43. The van der Waals surface area contributed by atoms with Gasteiger partial charge in [-0.25, -0.2) is 9.97 Å². The Labute approximate surface area is 176 Å². The van der Waals surface area contributed by atoms with Crippen LogP contribution in [0.5, 0.6) is 5.75 Å². The fourth-order valence-corrected chi connectivity index (χ4v) is 4.17. The molecule has 3 heterocycles. The first kappa shape index (κ1) is 20.6. The molecule has 0 atom stereocenters. The fraction of sp³-hybridized carbons (Fsp3) is 0.500. The highest BCUT2D eigenvalue weighted by Crippen LogP contribution is 2.40. The summed E-state index contributed by atoms with van der Waals surface area (Å²) >= 11 is 0. The maximum Gasteiger partial charge on any atom is 0.257 e. The molecule has 1 saturated heterocycles. The number of rotatable bonds is 6. The molecule has 160 valence electrons. The van der Waals surface area contributed by atoms with E-state index in [1.54, 1.807) is 6.20 Å². The van der Waals surface area contributed by atoms with Crippen molar-refractivity contribution in [2.45, 2.75) is 31.8 Å². The minimum Gasteiger partial charge on any atom is -0.490 e. The van der Waals surface area contributed by atoms with Crippen LogP contribution < -0.4 is 10.5 Å². The minimum absolute atomic E-state index is 0.0323. The van der Waals surface area contributed by atoms with Crippen LogP contribution >= 0.6 is 0 Å². The van der Waals surface area contributed by atoms with Gasteiger partial charge in [-0.2, -0.15) is 0 Å². The Kier molecular flexibility index (Phi) is 6.15. The van der Waals surface area contributed by atoms with E-state index in [1.807, 2.05) is 36.1 Å². The first-order valence-corrected chi connectivity index (χ1v) is 10.5. The Bertz CT molecular complexity index is 896. The van der Waals surface area contributed by atoms with E-state index < -0.39 is 5.60 Å². The minimum atomic E-state index is -0.491. The number of anilines is 1. The summed E-state index contributed by atoms with van der Waals surface area (Å²) in [6, 6.07) is 7.36. The number of carbonyl (C=O) groups excluding carboxylic acids is 1. The van der Waals surface area contributed by atoms with E-state index in [4.69, 9.17) is 19.9 Å². The molecule has 2 aliphatic rings. The average Bonchev–Trinajstić information content (AvgIpc) is 2.78. The van der Waals surface area contributed by atoms with Crippen LogP contribution in [0.25, 0.3) is 0 Å². The number of hydrogen-bond acceptors (Lipinski definition) is 7. The number of piperidine rings is 1. The van der Waals surface area contributed by atoms with E-state index in [0.29, 0.717) is 63.7 Å². The SMILES string of the molecule is CCOCCOc1ccccc1C(=O)N1CCC2(CC1)OCCc1cnc(N)nc12. The van der Waals surface area contributed by atoms with Gasteiger partial charge in [0.05, 0.1) is 24.5 Å². The lowest BCUT2D eigenvalue weighted by Gasteiger charge is -2.44. The van der Waals surface area contributed by atoms with Crippen molar-refractivity contribution in [1.29, 1.82) is 0 Å². The van der Waals surface area contributed by atoms with Gasteiger partial charge in [0.2, 0.25) is 5.95 Å². The van der Waals surface area contributed by atoms with Gasteiger partial charge in [0.25, 0.3) is 5.91 Å². The summed E-state index contributed by atoms with van der Waals surface area (Å²) in [5, 5.41) is 0. The Morgan fingerprint density at radius 3 is 2.87 bits per heavy atom. The van der Waals surface area contributed by atoms with Gasteiger partial charge in [-0.15, -0.1) is 0 Å². The third-order valence-electron chi connectivity index (χ3n) is 5.73. The zero-order valence-corrected chi connectivity index (χ0v) is 17.3. The maximum atomic E-state index is 13.2. The summed E-state index contributed by atoms with van der Waals surface area (Å²) in [6.07, 6.45) is 3.94. The van der Waals surface area contributed by atoms with Crippen molar-refractivity contribution in [3.8, 4) is 5.75 Å². The van der Waals surface area contributed by atoms with Gasteiger partial charge in [-0.05, 0) is 43.9 Å². The largest absolute Gasteiger partial charge is 0.490 e. The van der Waals surface area contributed by atoms with Gasteiger partial charge >= 0.3 is 0 Å². The summed E-state index contributed by atoms with van der Waals surface area (Å²) in [5.41, 5.74) is 7.88. The summed E-state index contributed by atoms with van der Waals surface area (Å²) in [4.78, 5) is 23.7. The molecule has 0 saturated carbocycles.